The van der Waals surface area contributed by atoms with Gasteiger partial charge in [0.2, 0.25) is 5.91 Å². The van der Waals surface area contributed by atoms with Gasteiger partial charge in [-0.15, -0.1) is 0 Å². The zero-order chi connectivity index (χ0) is 13.2. The average Bonchev–Trinajstić information content (AvgIpc) is 2.37. The molecular formula is C12H23N3OS. The summed E-state index contributed by atoms with van der Waals surface area (Å²) in [5.41, 5.74) is 4.92. The molecule has 1 rings (SSSR count). The number of nitrogens with two attached hydrogens (primary N) is 1. The summed E-state index contributed by atoms with van der Waals surface area (Å²) in [6.45, 7) is 8.41. The minimum Gasteiger partial charge on any atom is -0.392 e. The standard InChI is InChI=1S/C12H23N3OS/c1-9-8-14(4)6-5-7-15(9)11(16)12(2,3)10(13)17/h9H,5-8H2,1-4H3,(H2,13,17). The number of hydrogen-bond donors (Lipinski definition) is 1. The molecule has 0 aliphatic carbocycles. The van der Waals surface area contributed by atoms with Crippen LogP contribution in [0.15, 0.2) is 0 Å². The fraction of sp³-hybridized carbons (Fsp3) is 0.833. The van der Waals surface area contributed by atoms with Crippen molar-refractivity contribution in [3.63, 3.8) is 0 Å². The molecule has 17 heavy (non-hydrogen) atoms. The Kier molecular flexibility index (Phi) is 4.49. The van der Waals surface area contributed by atoms with Gasteiger partial charge in [-0.2, -0.15) is 0 Å². The summed E-state index contributed by atoms with van der Waals surface area (Å²) in [6.07, 6.45) is 1.000. The van der Waals surface area contributed by atoms with Gasteiger partial charge in [0.15, 0.2) is 0 Å². The van der Waals surface area contributed by atoms with Crippen LogP contribution in [0, 0.1) is 5.41 Å². The Morgan fingerprint density at radius 1 is 1.41 bits per heavy atom. The van der Waals surface area contributed by atoms with Gasteiger partial charge in [-0.3, -0.25) is 4.79 Å². The predicted molar refractivity (Wildman–Crippen MR) is 73.9 cm³/mol. The first-order valence-corrected chi connectivity index (χ1v) is 6.47. The van der Waals surface area contributed by atoms with Crippen molar-refractivity contribution < 1.29 is 4.79 Å². The summed E-state index contributed by atoms with van der Waals surface area (Å²) in [5, 5.41) is 0. The first-order valence-electron chi connectivity index (χ1n) is 6.06. The van der Waals surface area contributed by atoms with Crippen LogP contribution in [0.3, 0.4) is 0 Å². The number of hydrogen-bond acceptors (Lipinski definition) is 3. The fourth-order valence-electron chi connectivity index (χ4n) is 2.14. The van der Waals surface area contributed by atoms with Gasteiger partial charge in [-0.25, -0.2) is 0 Å². The van der Waals surface area contributed by atoms with Gasteiger partial charge in [-0.1, -0.05) is 12.2 Å². The second-order valence-corrected chi connectivity index (χ2v) is 5.89. The second kappa shape index (κ2) is 5.31. The van der Waals surface area contributed by atoms with Gasteiger partial charge in [0.25, 0.3) is 0 Å². The molecule has 0 aromatic carbocycles. The fourth-order valence-corrected chi connectivity index (χ4v) is 2.23. The highest BCUT2D eigenvalue weighted by atomic mass is 32.1. The van der Waals surface area contributed by atoms with Gasteiger partial charge in [0.05, 0.1) is 10.4 Å². The topological polar surface area (TPSA) is 49.6 Å². The summed E-state index contributed by atoms with van der Waals surface area (Å²) in [7, 11) is 2.09. The van der Waals surface area contributed by atoms with Gasteiger partial charge in [0, 0.05) is 19.1 Å². The quantitative estimate of drug-likeness (QED) is 0.745. The molecule has 1 aliphatic rings. The average molecular weight is 257 g/mol. The molecule has 1 atom stereocenters. The molecule has 0 spiro atoms. The molecule has 98 valence electrons. The van der Waals surface area contributed by atoms with E-state index in [1.165, 1.54) is 0 Å². The first kappa shape index (κ1) is 14.4. The molecule has 1 amide bonds. The molecule has 1 fully saturated rings. The Bertz CT molecular complexity index is 317. The molecular weight excluding hydrogens is 234 g/mol. The van der Waals surface area contributed by atoms with Crippen LogP contribution in [-0.4, -0.2) is 53.4 Å². The van der Waals surface area contributed by atoms with Gasteiger partial charge in [-0.05, 0) is 40.8 Å². The summed E-state index contributed by atoms with van der Waals surface area (Å²) in [4.78, 5) is 16.9. The van der Waals surface area contributed by atoms with Crippen molar-refractivity contribution in [2.45, 2.75) is 33.2 Å². The molecule has 0 bridgehead atoms. The van der Waals surface area contributed by atoms with Crippen LogP contribution >= 0.6 is 12.2 Å². The van der Waals surface area contributed by atoms with Crippen LogP contribution < -0.4 is 5.73 Å². The van der Waals surface area contributed by atoms with E-state index in [9.17, 15) is 4.79 Å². The molecule has 1 saturated heterocycles. The van der Waals surface area contributed by atoms with E-state index >= 15 is 0 Å². The highest BCUT2D eigenvalue weighted by Crippen LogP contribution is 2.22. The largest absolute Gasteiger partial charge is 0.392 e. The maximum atomic E-state index is 12.5. The van der Waals surface area contributed by atoms with Crippen molar-refractivity contribution in [2.75, 3.05) is 26.7 Å². The third-order valence-electron chi connectivity index (χ3n) is 3.46. The van der Waals surface area contributed by atoms with Crippen molar-refractivity contribution in [3.8, 4) is 0 Å². The molecule has 4 nitrogen and oxygen atoms in total. The third-order valence-corrected chi connectivity index (χ3v) is 3.97. The first-order chi connectivity index (χ1) is 7.76. The molecule has 5 heteroatoms. The second-order valence-electron chi connectivity index (χ2n) is 5.45. The van der Waals surface area contributed by atoms with Crippen molar-refractivity contribution in [1.82, 2.24) is 9.80 Å². The Hall–Kier alpha value is -0.680. The van der Waals surface area contributed by atoms with Crippen LogP contribution in [-0.2, 0) is 4.79 Å². The van der Waals surface area contributed by atoms with Crippen LogP contribution in [0.5, 0.6) is 0 Å². The van der Waals surface area contributed by atoms with Gasteiger partial charge >= 0.3 is 0 Å². The van der Waals surface area contributed by atoms with Gasteiger partial charge in [0.1, 0.15) is 0 Å². The van der Waals surface area contributed by atoms with E-state index in [1.54, 1.807) is 13.8 Å². The molecule has 1 aliphatic heterocycles. The highest BCUT2D eigenvalue weighted by Gasteiger charge is 2.37. The van der Waals surface area contributed by atoms with E-state index in [0.717, 1.165) is 26.1 Å². The summed E-state index contributed by atoms with van der Waals surface area (Å²) in [6, 6.07) is 0.212. The number of carbonyl (C=O) groups excluding carboxylic acids is 1. The van der Waals surface area contributed by atoms with E-state index in [0.29, 0.717) is 0 Å². The minimum atomic E-state index is -0.744. The molecule has 0 saturated carbocycles. The lowest BCUT2D eigenvalue weighted by Crippen LogP contribution is -2.51. The summed E-state index contributed by atoms with van der Waals surface area (Å²) >= 11 is 4.99. The summed E-state index contributed by atoms with van der Waals surface area (Å²) in [5.74, 6) is 0.0489. The highest BCUT2D eigenvalue weighted by molar-refractivity contribution is 7.80. The lowest BCUT2D eigenvalue weighted by atomic mass is 9.91. The van der Waals surface area contributed by atoms with Crippen LogP contribution in [0.1, 0.15) is 27.2 Å². The third kappa shape index (κ3) is 3.16. The van der Waals surface area contributed by atoms with Crippen LogP contribution in [0.4, 0.5) is 0 Å². The molecule has 0 radical (unpaired) electrons. The van der Waals surface area contributed by atoms with Gasteiger partial charge < -0.3 is 15.5 Å². The van der Waals surface area contributed by atoms with E-state index in [4.69, 9.17) is 18.0 Å². The maximum absolute atomic E-state index is 12.5. The maximum Gasteiger partial charge on any atom is 0.235 e. The summed E-state index contributed by atoms with van der Waals surface area (Å²) < 4.78 is 0. The zero-order valence-electron chi connectivity index (χ0n) is 11.2. The van der Waals surface area contributed by atoms with Crippen molar-refractivity contribution in [1.29, 1.82) is 0 Å². The van der Waals surface area contributed by atoms with Crippen molar-refractivity contribution >= 4 is 23.1 Å². The smallest absolute Gasteiger partial charge is 0.235 e. The number of rotatable bonds is 2. The van der Waals surface area contributed by atoms with Crippen molar-refractivity contribution in [3.05, 3.63) is 0 Å². The van der Waals surface area contributed by atoms with E-state index in [2.05, 4.69) is 18.9 Å². The van der Waals surface area contributed by atoms with E-state index in [1.807, 2.05) is 4.90 Å². The molecule has 0 aromatic heterocycles. The Balaban J connectivity index is 2.84. The normalized spacial score (nSPS) is 23.3. The number of likely N-dealkylation sites (N-methyl/N-ethyl adjacent to an activating group) is 1. The monoisotopic (exact) mass is 257 g/mol. The molecule has 2 N–H and O–H groups in total. The van der Waals surface area contributed by atoms with Crippen molar-refractivity contribution in [2.24, 2.45) is 11.1 Å². The van der Waals surface area contributed by atoms with E-state index in [-0.39, 0.29) is 16.9 Å². The number of carbonyl (C=O) groups is 1. The van der Waals surface area contributed by atoms with E-state index < -0.39 is 5.41 Å². The molecule has 1 unspecified atom stereocenters. The lowest BCUT2D eigenvalue weighted by molar-refractivity contribution is -0.138. The van der Waals surface area contributed by atoms with Crippen LogP contribution in [0.2, 0.25) is 0 Å². The lowest BCUT2D eigenvalue weighted by Gasteiger charge is -2.34. The Morgan fingerprint density at radius 2 is 2.00 bits per heavy atom. The molecule has 1 heterocycles. The minimum absolute atomic E-state index is 0.0489. The number of thiocarbonyl (C=S) groups is 1. The Labute approximate surface area is 109 Å². The Morgan fingerprint density at radius 3 is 2.53 bits per heavy atom. The van der Waals surface area contributed by atoms with Crippen LogP contribution in [0.25, 0.3) is 0 Å². The number of nitrogens with zero attached hydrogens (tertiary/aromatic N) is 2. The predicted octanol–water partition coefficient (Wildman–Crippen LogP) is 0.851. The molecule has 0 aromatic rings. The number of amides is 1. The SMILES string of the molecule is CC1CN(C)CCCN1C(=O)C(C)(C)C(N)=S. The zero-order valence-corrected chi connectivity index (χ0v) is 12.0.